The molecule has 0 spiro atoms. The molecule has 0 amide bonds. The van der Waals surface area contributed by atoms with E-state index in [0.717, 1.165) is 5.56 Å². The third kappa shape index (κ3) is 1.44. The highest BCUT2D eigenvalue weighted by Gasteiger charge is 2.10. The summed E-state index contributed by atoms with van der Waals surface area (Å²) in [5.74, 6) is 0. The quantitative estimate of drug-likeness (QED) is 0.753. The lowest BCUT2D eigenvalue weighted by Crippen LogP contribution is -2.22. The largest absolute Gasteiger partial charge is 0.361 e. The van der Waals surface area contributed by atoms with Gasteiger partial charge >= 0.3 is 5.69 Å². The van der Waals surface area contributed by atoms with E-state index in [1.54, 1.807) is 0 Å². The summed E-state index contributed by atoms with van der Waals surface area (Å²) in [6.07, 6.45) is 0. The number of benzene rings is 1. The van der Waals surface area contributed by atoms with Gasteiger partial charge in [0, 0.05) is 0 Å². The maximum Gasteiger partial charge on any atom is 0.361 e. The summed E-state index contributed by atoms with van der Waals surface area (Å²) in [4.78, 5) is 11.2. The fraction of sp³-hybridized carbons (Fsp3) is 0.222. The molecule has 72 valence electrons. The van der Waals surface area contributed by atoms with Crippen molar-refractivity contribution in [1.82, 2.24) is 20.2 Å². The number of nitrogens with zero attached hydrogens (tertiary/aromatic N) is 3. The molecule has 1 N–H and O–H groups in total. The number of aromatic amines is 1. The Kier molecular flexibility index (Phi) is 2.14. The summed E-state index contributed by atoms with van der Waals surface area (Å²) in [5.41, 5.74) is 0.741. The average molecular weight is 190 g/mol. The fourth-order valence-electron chi connectivity index (χ4n) is 1.33. The lowest BCUT2D eigenvalue weighted by atomic mass is 10.1. The van der Waals surface area contributed by atoms with E-state index in [4.69, 9.17) is 0 Å². The zero-order valence-corrected chi connectivity index (χ0v) is 7.71. The van der Waals surface area contributed by atoms with Crippen LogP contribution in [0.25, 0.3) is 0 Å². The van der Waals surface area contributed by atoms with Crippen LogP contribution < -0.4 is 5.69 Å². The Morgan fingerprint density at radius 1 is 1.36 bits per heavy atom. The molecule has 5 heteroatoms. The minimum absolute atomic E-state index is 0.0950. The van der Waals surface area contributed by atoms with Gasteiger partial charge < -0.3 is 0 Å². The number of tetrazole rings is 1. The second-order valence-corrected chi connectivity index (χ2v) is 3.04. The van der Waals surface area contributed by atoms with Crippen LogP contribution in [0.4, 0.5) is 0 Å². The van der Waals surface area contributed by atoms with Gasteiger partial charge in [0.25, 0.3) is 0 Å². The first-order valence-electron chi connectivity index (χ1n) is 4.34. The van der Waals surface area contributed by atoms with Crippen molar-refractivity contribution in [3.8, 4) is 0 Å². The monoisotopic (exact) mass is 190 g/mol. The van der Waals surface area contributed by atoms with Crippen LogP contribution in [0.2, 0.25) is 0 Å². The third-order valence-corrected chi connectivity index (χ3v) is 2.14. The first-order chi connectivity index (χ1) is 6.79. The van der Waals surface area contributed by atoms with Crippen molar-refractivity contribution in [3.63, 3.8) is 0 Å². The van der Waals surface area contributed by atoms with Crippen molar-refractivity contribution in [2.24, 2.45) is 0 Å². The first kappa shape index (κ1) is 8.68. The van der Waals surface area contributed by atoms with Gasteiger partial charge in [-0.3, -0.25) is 0 Å². The van der Waals surface area contributed by atoms with Gasteiger partial charge in [-0.15, -0.1) is 0 Å². The van der Waals surface area contributed by atoms with Gasteiger partial charge in [-0.1, -0.05) is 30.3 Å². The highest BCUT2D eigenvalue weighted by molar-refractivity contribution is 5.18. The van der Waals surface area contributed by atoms with Crippen LogP contribution in [0.3, 0.4) is 0 Å². The molecular formula is C9H10N4O. The van der Waals surface area contributed by atoms with E-state index < -0.39 is 0 Å². The van der Waals surface area contributed by atoms with E-state index >= 15 is 0 Å². The summed E-state index contributed by atoms with van der Waals surface area (Å²) in [5, 5.41) is 9.40. The molecule has 2 rings (SSSR count). The van der Waals surface area contributed by atoms with Crippen LogP contribution >= 0.6 is 0 Å². The van der Waals surface area contributed by atoms with E-state index in [1.165, 1.54) is 4.68 Å². The van der Waals surface area contributed by atoms with Gasteiger partial charge in [-0.2, -0.15) is 4.68 Å². The Morgan fingerprint density at radius 3 is 2.64 bits per heavy atom. The summed E-state index contributed by atoms with van der Waals surface area (Å²) >= 11 is 0. The molecule has 0 fully saturated rings. The molecule has 0 aliphatic carbocycles. The number of H-pyrrole nitrogens is 1. The predicted octanol–water partition coefficient (Wildman–Crippen LogP) is 0.576. The van der Waals surface area contributed by atoms with Gasteiger partial charge in [0.1, 0.15) is 0 Å². The normalized spacial score (nSPS) is 12.6. The van der Waals surface area contributed by atoms with Crippen molar-refractivity contribution in [3.05, 3.63) is 46.4 Å². The molecular weight excluding hydrogens is 180 g/mol. The van der Waals surface area contributed by atoms with Crippen molar-refractivity contribution >= 4 is 0 Å². The van der Waals surface area contributed by atoms with Gasteiger partial charge in [-0.25, -0.2) is 9.89 Å². The van der Waals surface area contributed by atoms with Crippen LogP contribution in [-0.4, -0.2) is 20.2 Å². The van der Waals surface area contributed by atoms with Gasteiger partial charge in [0.15, 0.2) is 0 Å². The number of hydrogen-bond acceptors (Lipinski definition) is 3. The molecule has 0 bridgehead atoms. The van der Waals surface area contributed by atoms with Crippen LogP contribution in [-0.2, 0) is 0 Å². The molecule has 1 aromatic carbocycles. The summed E-state index contributed by atoms with van der Waals surface area (Å²) in [7, 11) is 0. The Morgan fingerprint density at radius 2 is 2.07 bits per heavy atom. The molecule has 0 radical (unpaired) electrons. The van der Waals surface area contributed by atoms with Crippen LogP contribution in [0.1, 0.15) is 18.5 Å². The zero-order valence-electron chi connectivity index (χ0n) is 7.71. The van der Waals surface area contributed by atoms with E-state index in [-0.39, 0.29) is 11.7 Å². The van der Waals surface area contributed by atoms with Crippen molar-refractivity contribution in [2.45, 2.75) is 13.0 Å². The van der Waals surface area contributed by atoms with E-state index in [0.29, 0.717) is 0 Å². The molecule has 2 aromatic rings. The molecule has 0 saturated heterocycles. The van der Waals surface area contributed by atoms with Gasteiger partial charge in [0.05, 0.1) is 6.04 Å². The van der Waals surface area contributed by atoms with E-state index in [1.807, 2.05) is 37.3 Å². The lowest BCUT2D eigenvalue weighted by molar-refractivity contribution is 0.528. The van der Waals surface area contributed by atoms with E-state index in [9.17, 15) is 4.79 Å². The van der Waals surface area contributed by atoms with Crippen LogP contribution in [0.5, 0.6) is 0 Å². The van der Waals surface area contributed by atoms with Gasteiger partial charge in [-0.05, 0) is 22.9 Å². The van der Waals surface area contributed by atoms with Crippen LogP contribution in [0.15, 0.2) is 35.1 Å². The molecule has 1 heterocycles. The molecule has 0 saturated carbocycles. The van der Waals surface area contributed by atoms with Gasteiger partial charge in [0.2, 0.25) is 0 Å². The van der Waals surface area contributed by atoms with E-state index in [2.05, 4.69) is 15.5 Å². The molecule has 1 aromatic heterocycles. The molecule has 5 nitrogen and oxygen atoms in total. The highest BCUT2D eigenvalue weighted by atomic mass is 16.2. The van der Waals surface area contributed by atoms with Crippen molar-refractivity contribution in [2.75, 3.05) is 0 Å². The Balaban J connectivity index is 2.39. The van der Waals surface area contributed by atoms with Crippen LogP contribution in [0, 0.1) is 0 Å². The second kappa shape index (κ2) is 3.45. The number of aromatic nitrogens is 4. The first-order valence-corrected chi connectivity index (χ1v) is 4.34. The Hall–Kier alpha value is -1.91. The summed E-state index contributed by atoms with van der Waals surface area (Å²) < 4.78 is 1.31. The number of rotatable bonds is 2. The minimum atomic E-state index is -0.290. The molecule has 0 unspecified atom stereocenters. The predicted molar refractivity (Wildman–Crippen MR) is 50.9 cm³/mol. The molecule has 1 atom stereocenters. The smallest absolute Gasteiger partial charge is 0.244 e. The maximum absolute atomic E-state index is 11.2. The molecule has 0 aliphatic rings. The topological polar surface area (TPSA) is 63.6 Å². The minimum Gasteiger partial charge on any atom is -0.244 e. The molecule has 14 heavy (non-hydrogen) atoms. The standard InChI is InChI=1S/C9H10N4O/c1-7(8-5-3-2-4-6-8)13-9(14)10-11-12-13/h2-7H,1H3,(H,10,12,14)/t7-/m0/s1. The SMILES string of the molecule is C[C@@H](c1ccccc1)n1nn[nH]c1=O. The van der Waals surface area contributed by atoms with Crippen molar-refractivity contribution < 1.29 is 0 Å². The Bertz CT molecular complexity index is 459. The lowest BCUT2D eigenvalue weighted by Gasteiger charge is -2.08. The second-order valence-electron chi connectivity index (χ2n) is 3.04. The number of nitrogens with one attached hydrogen (secondary N) is 1. The third-order valence-electron chi connectivity index (χ3n) is 2.14. The summed E-state index contributed by atoms with van der Waals surface area (Å²) in [6, 6.07) is 9.59. The highest BCUT2D eigenvalue weighted by Crippen LogP contribution is 2.13. The van der Waals surface area contributed by atoms with Crippen molar-refractivity contribution in [1.29, 1.82) is 0 Å². The zero-order chi connectivity index (χ0) is 9.97. The average Bonchev–Trinajstić information content (AvgIpc) is 2.65. The maximum atomic E-state index is 11.2. The summed E-state index contributed by atoms with van der Waals surface area (Å²) in [6.45, 7) is 1.90. The molecule has 0 aliphatic heterocycles. The fourth-order valence-corrected chi connectivity index (χ4v) is 1.33. The Labute approximate surface area is 80.4 Å². The number of hydrogen-bond donors (Lipinski definition) is 1.